The number of hydrogen-bond donors (Lipinski definition) is 2. The molecule has 0 heterocycles. The van der Waals surface area contributed by atoms with Crippen molar-refractivity contribution >= 4 is 15.9 Å². The molecule has 0 saturated carbocycles. The van der Waals surface area contributed by atoms with Crippen LogP contribution in [0, 0.1) is 27.7 Å². The van der Waals surface area contributed by atoms with Gasteiger partial charge in [0.05, 0.1) is 0 Å². The van der Waals surface area contributed by atoms with E-state index in [1.807, 2.05) is 39.8 Å². The maximum Gasteiger partial charge on any atom is 0.118 e. The van der Waals surface area contributed by atoms with Crippen molar-refractivity contribution in [1.82, 2.24) is 0 Å². The quantitative estimate of drug-likeness (QED) is 0.777. The van der Waals surface area contributed by atoms with E-state index in [9.17, 15) is 10.2 Å². The van der Waals surface area contributed by atoms with E-state index < -0.39 is 0 Å². The normalized spacial score (nSPS) is 11.1. The smallest absolute Gasteiger partial charge is 0.118 e. The number of halogens is 1. The zero-order valence-corrected chi connectivity index (χ0v) is 14.5. The minimum absolute atomic E-state index is 0.198. The summed E-state index contributed by atoms with van der Waals surface area (Å²) in [5.74, 6) is 0.870. The molecule has 2 nitrogen and oxygen atoms in total. The van der Waals surface area contributed by atoms with Gasteiger partial charge in [0.2, 0.25) is 0 Å². The first-order chi connectivity index (χ1) is 9.88. The fraction of sp³-hybridized carbons (Fsp3) is 0.333. The monoisotopic (exact) mass is 348 g/mol. The molecule has 0 aliphatic heterocycles. The fourth-order valence-corrected chi connectivity index (χ4v) is 3.44. The summed E-state index contributed by atoms with van der Waals surface area (Å²) in [5.41, 5.74) is 6.48. The topological polar surface area (TPSA) is 40.5 Å². The molecule has 0 aromatic heterocycles. The summed E-state index contributed by atoms with van der Waals surface area (Å²) in [6, 6.07) is 7.50. The lowest BCUT2D eigenvalue weighted by Gasteiger charge is -2.22. The highest BCUT2D eigenvalue weighted by Gasteiger charge is 2.20. The highest BCUT2D eigenvalue weighted by molar-refractivity contribution is 9.09. The Morgan fingerprint density at radius 2 is 1.14 bits per heavy atom. The lowest BCUT2D eigenvalue weighted by molar-refractivity contribution is 0.470. The number of phenols is 2. The van der Waals surface area contributed by atoms with Crippen LogP contribution >= 0.6 is 15.9 Å². The Morgan fingerprint density at radius 1 is 0.762 bits per heavy atom. The summed E-state index contributed by atoms with van der Waals surface area (Å²) in [4.78, 5) is 0. The van der Waals surface area contributed by atoms with E-state index in [4.69, 9.17) is 0 Å². The second kappa shape index (κ2) is 6.10. The standard InChI is InChI=1S/C18H21BrO2/c1-10-12(3)17(20)7-5-14(10)16(9-19)15-6-8-18(21)13(4)11(15)2/h5-8,16,20-21H,9H2,1-4H3. The molecule has 21 heavy (non-hydrogen) atoms. The largest absolute Gasteiger partial charge is 0.508 e. The molecule has 0 aliphatic carbocycles. The maximum absolute atomic E-state index is 9.84. The van der Waals surface area contributed by atoms with Gasteiger partial charge in [-0.25, -0.2) is 0 Å². The number of alkyl halides is 1. The van der Waals surface area contributed by atoms with Crippen molar-refractivity contribution in [2.75, 3.05) is 5.33 Å². The molecule has 0 saturated heterocycles. The van der Waals surface area contributed by atoms with E-state index in [1.165, 1.54) is 11.1 Å². The molecule has 0 fully saturated rings. The third-order valence-electron chi connectivity index (χ3n) is 4.51. The van der Waals surface area contributed by atoms with Gasteiger partial charge in [0.1, 0.15) is 11.5 Å². The van der Waals surface area contributed by atoms with Gasteiger partial charge in [-0.3, -0.25) is 0 Å². The molecular formula is C18H21BrO2. The molecule has 0 radical (unpaired) electrons. The fourth-order valence-electron chi connectivity index (χ4n) is 2.74. The first-order valence-electron chi connectivity index (χ1n) is 7.02. The summed E-state index contributed by atoms with van der Waals surface area (Å²) in [6.45, 7) is 7.97. The molecule has 2 aromatic rings. The van der Waals surface area contributed by atoms with Crippen LogP contribution < -0.4 is 0 Å². The Balaban J connectivity index is 2.61. The third kappa shape index (κ3) is 2.80. The maximum atomic E-state index is 9.84. The van der Waals surface area contributed by atoms with Crippen LogP contribution in [0.15, 0.2) is 24.3 Å². The van der Waals surface area contributed by atoms with Crippen LogP contribution in [0.2, 0.25) is 0 Å². The van der Waals surface area contributed by atoms with Crippen molar-refractivity contribution in [2.45, 2.75) is 33.6 Å². The van der Waals surface area contributed by atoms with Crippen LogP contribution in [-0.4, -0.2) is 15.5 Å². The van der Waals surface area contributed by atoms with Gasteiger partial charge in [0, 0.05) is 11.2 Å². The van der Waals surface area contributed by atoms with Crippen molar-refractivity contribution in [3.8, 4) is 11.5 Å². The van der Waals surface area contributed by atoms with E-state index >= 15 is 0 Å². The Morgan fingerprint density at radius 3 is 1.48 bits per heavy atom. The molecule has 0 aliphatic rings. The molecule has 2 N–H and O–H groups in total. The average molecular weight is 349 g/mol. The first kappa shape index (κ1) is 15.9. The lowest BCUT2D eigenvalue weighted by Crippen LogP contribution is -2.08. The van der Waals surface area contributed by atoms with Crippen LogP contribution in [-0.2, 0) is 0 Å². The van der Waals surface area contributed by atoms with Gasteiger partial charge in [-0.05, 0) is 73.2 Å². The second-order valence-corrected chi connectivity index (χ2v) is 6.20. The SMILES string of the molecule is Cc1c(O)ccc(C(CBr)c2ccc(O)c(C)c2C)c1C. The summed E-state index contributed by atoms with van der Waals surface area (Å²) in [6.07, 6.45) is 0. The number of aromatic hydroxyl groups is 2. The highest BCUT2D eigenvalue weighted by Crippen LogP contribution is 2.36. The van der Waals surface area contributed by atoms with Crippen molar-refractivity contribution < 1.29 is 10.2 Å². The Hall–Kier alpha value is -1.48. The summed E-state index contributed by atoms with van der Waals surface area (Å²) >= 11 is 3.62. The van der Waals surface area contributed by atoms with Crippen LogP contribution in [0.4, 0.5) is 0 Å². The zero-order valence-electron chi connectivity index (χ0n) is 12.9. The molecule has 0 amide bonds. The van der Waals surface area contributed by atoms with Crippen molar-refractivity contribution in [1.29, 1.82) is 0 Å². The molecule has 0 bridgehead atoms. The summed E-state index contributed by atoms with van der Waals surface area (Å²) in [7, 11) is 0. The molecule has 2 rings (SSSR count). The molecule has 0 atom stereocenters. The predicted octanol–water partition coefficient (Wildman–Crippen LogP) is 4.86. The van der Waals surface area contributed by atoms with E-state index in [0.29, 0.717) is 11.5 Å². The first-order valence-corrected chi connectivity index (χ1v) is 8.14. The highest BCUT2D eigenvalue weighted by atomic mass is 79.9. The average Bonchev–Trinajstić information content (AvgIpc) is 2.47. The molecule has 0 spiro atoms. The summed E-state index contributed by atoms with van der Waals surface area (Å²) < 4.78 is 0. The molecule has 112 valence electrons. The van der Waals surface area contributed by atoms with Gasteiger partial charge >= 0.3 is 0 Å². The van der Waals surface area contributed by atoms with Crippen molar-refractivity contribution in [3.05, 3.63) is 57.6 Å². The van der Waals surface area contributed by atoms with Crippen LogP contribution in [0.1, 0.15) is 39.3 Å². The van der Waals surface area contributed by atoms with Gasteiger partial charge in [-0.1, -0.05) is 28.1 Å². The minimum Gasteiger partial charge on any atom is -0.508 e. The van der Waals surface area contributed by atoms with Crippen LogP contribution in [0.5, 0.6) is 11.5 Å². The van der Waals surface area contributed by atoms with Crippen LogP contribution in [0.25, 0.3) is 0 Å². The molecular weight excluding hydrogens is 328 g/mol. The Bertz CT molecular complexity index is 620. The number of hydrogen-bond acceptors (Lipinski definition) is 2. The lowest BCUT2D eigenvalue weighted by atomic mass is 9.85. The second-order valence-electron chi connectivity index (χ2n) is 5.55. The summed E-state index contributed by atoms with van der Waals surface area (Å²) in [5, 5.41) is 20.5. The molecule has 3 heteroatoms. The van der Waals surface area contributed by atoms with Crippen molar-refractivity contribution in [2.24, 2.45) is 0 Å². The van der Waals surface area contributed by atoms with E-state index in [2.05, 4.69) is 15.9 Å². The van der Waals surface area contributed by atoms with Gasteiger partial charge < -0.3 is 10.2 Å². The number of benzene rings is 2. The van der Waals surface area contributed by atoms with Crippen molar-refractivity contribution in [3.63, 3.8) is 0 Å². The van der Waals surface area contributed by atoms with Gasteiger partial charge in [0.15, 0.2) is 0 Å². The Labute approximate surface area is 134 Å². The predicted molar refractivity (Wildman–Crippen MR) is 90.8 cm³/mol. The van der Waals surface area contributed by atoms with E-state index in [-0.39, 0.29) is 5.92 Å². The van der Waals surface area contributed by atoms with E-state index in [0.717, 1.165) is 27.6 Å². The minimum atomic E-state index is 0.198. The molecule has 0 unspecified atom stereocenters. The van der Waals surface area contributed by atoms with Gasteiger partial charge in [0.25, 0.3) is 0 Å². The number of rotatable bonds is 3. The zero-order chi connectivity index (χ0) is 15.7. The van der Waals surface area contributed by atoms with E-state index in [1.54, 1.807) is 12.1 Å². The Kier molecular flexibility index (Phi) is 4.62. The number of phenolic OH excluding ortho intramolecular Hbond substituents is 2. The van der Waals surface area contributed by atoms with Gasteiger partial charge in [-0.15, -0.1) is 0 Å². The third-order valence-corrected chi connectivity index (χ3v) is 5.15. The van der Waals surface area contributed by atoms with Gasteiger partial charge in [-0.2, -0.15) is 0 Å². The van der Waals surface area contributed by atoms with Crippen LogP contribution in [0.3, 0.4) is 0 Å². The molecule has 2 aromatic carbocycles.